The zero-order chi connectivity index (χ0) is 16.4. The molecule has 3 heterocycles. The molecular formula is C17H27N5O. The van der Waals surface area contributed by atoms with Crippen LogP contribution in [0.4, 0.5) is 5.82 Å². The van der Waals surface area contributed by atoms with Crippen molar-refractivity contribution in [2.75, 3.05) is 25.1 Å². The zero-order valence-electron chi connectivity index (χ0n) is 14.6. The molecule has 1 aliphatic rings. The number of hydrogen-bond acceptors (Lipinski definition) is 5. The maximum Gasteiger partial charge on any atom is 0.163 e. The molecule has 0 spiro atoms. The molecule has 1 atom stereocenters. The van der Waals surface area contributed by atoms with Crippen LogP contribution in [0.3, 0.4) is 0 Å². The molecule has 1 saturated heterocycles. The minimum Gasteiger partial charge on any atom is -0.381 e. The van der Waals surface area contributed by atoms with Crippen LogP contribution in [0.15, 0.2) is 6.20 Å². The highest BCUT2D eigenvalue weighted by Gasteiger charge is 2.21. The summed E-state index contributed by atoms with van der Waals surface area (Å²) in [6.45, 7) is 9.11. The van der Waals surface area contributed by atoms with Crippen LogP contribution in [-0.2, 0) is 17.2 Å². The van der Waals surface area contributed by atoms with Crippen LogP contribution >= 0.6 is 0 Å². The van der Waals surface area contributed by atoms with Gasteiger partial charge in [0.15, 0.2) is 5.65 Å². The molecule has 2 aromatic heterocycles. The fourth-order valence-electron chi connectivity index (χ4n) is 2.92. The number of aryl methyl sites for hydroxylation is 1. The molecule has 1 N–H and O–H groups in total. The van der Waals surface area contributed by atoms with Crippen molar-refractivity contribution in [1.29, 1.82) is 0 Å². The third kappa shape index (κ3) is 3.63. The standard InChI is InChI=1S/C17H27N5O/c1-17(2,3)16-20-14(13-10-19-22(4)15(13)21-16)18-8-7-12-6-5-9-23-11-12/h10,12H,5-9,11H2,1-4H3,(H,18,20,21). The highest BCUT2D eigenvalue weighted by atomic mass is 16.5. The maximum atomic E-state index is 5.56. The predicted molar refractivity (Wildman–Crippen MR) is 91.7 cm³/mol. The van der Waals surface area contributed by atoms with E-state index in [1.165, 1.54) is 12.8 Å². The van der Waals surface area contributed by atoms with E-state index in [-0.39, 0.29) is 5.41 Å². The van der Waals surface area contributed by atoms with Crippen molar-refractivity contribution in [3.8, 4) is 0 Å². The molecule has 0 radical (unpaired) electrons. The van der Waals surface area contributed by atoms with E-state index in [0.29, 0.717) is 5.92 Å². The number of fused-ring (bicyclic) bond motifs is 1. The van der Waals surface area contributed by atoms with Gasteiger partial charge in [-0.25, -0.2) is 9.97 Å². The number of rotatable bonds is 4. The molecule has 1 aliphatic heterocycles. The molecule has 1 unspecified atom stereocenters. The van der Waals surface area contributed by atoms with Crippen molar-refractivity contribution in [1.82, 2.24) is 19.7 Å². The van der Waals surface area contributed by atoms with E-state index in [9.17, 15) is 0 Å². The molecule has 23 heavy (non-hydrogen) atoms. The Morgan fingerprint density at radius 2 is 2.17 bits per heavy atom. The summed E-state index contributed by atoms with van der Waals surface area (Å²) in [7, 11) is 1.92. The highest BCUT2D eigenvalue weighted by Crippen LogP contribution is 2.26. The number of anilines is 1. The fraction of sp³-hybridized carbons (Fsp3) is 0.706. The number of hydrogen-bond donors (Lipinski definition) is 1. The summed E-state index contributed by atoms with van der Waals surface area (Å²) in [6.07, 6.45) is 5.39. The van der Waals surface area contributed by atoms with Gasteiger partial charge >= 0.3 is 0 Å². The van der Waals surface area contributed by atoms with Gasteiger partial charge in [0.2, 0.25) is 0 Å². The van der Waals surface area contributed by atoms with Crippen LogP contribution in [-0.4, -0.2) is 39.5 Å². The smallest absolute Gasteiger partial charge is 0.163 e. The first-order chi connectivity index (χ1) is 10.9. The van der Waals surface area contributed by atoms with E-state index in [1.807, 2.05) is 17.9 Å². The average Bonchev–Trinajstić information content (AvgIpc) is 2.89. The molecule has 126 valence electrons. The first-order valence-corrected chi connectivity index (χ1v) is 8.47. The normalized spacial score (nSPS) is 19.2. The second kappa shape index (κ2) is 6.43. The Bertz CT molecular complexity index is 667. The Morgan fingerprint density at radius 1 is 1.35 bits per heavy atom. The lowest BCUT2D eigenvalue weighted by Gasteiger charge is -2.22. The van der Waals surface area contributed by atoms with Gasteiger partial charge in [0, 0.05) is 32.2 Å². The predicted octanol–water partition coefficient (Wildman–Crippen LogP) is 2.89. The summed E-state index contributed by atoms with van der Waals surface area (Å²) in [6, 6.07) is 0. The molecule has 0 saturated carbocycles. The molecule has 3 rings (SSSR count). The fourth-order valence-corrected chi connectivity index (χ4v) is 2.92. The quantitative estimate of drug-likeness (QED) is 0.939. The Labute approximate surface area is 137 Å². The molecule has 0 aromatic carbocycles. The Balaban J connectivity index is 1.78. The lowest BCUT2D eigenvalue weighted by atomic mass is 9.95. The molecule has 0 aliphatic carbocycles. The van der Waals surface area contributed by atoms with Crippen LogP contribution in [0.5, 0.6) is 0 Å². The van der Waals surface area contributed by atoms with Crippen molar-refractivity contribution in [3.63, 3.8) is 0 Å². The Morgan fingerprint density at radius 3 is 2.87 bits per heavy atom. The van der Waals surface area contributed by atoms with Crippen LogP contribution in [0.25, 0.3) is 11.0 Å². The molecule has 0 amide bonds. The summed E-state index contributed by atoms with van der Waals surface area (Å²) in [5, 5.41) is 8.82. The molecule has 0 bridgehead atoms. The van der Waals surface area contributed by atoms with Crippen molar-refractivity contribution < 1.29 is 4.74 Å². The van der Waals surface area contributed by atoms with E-state index < -0.39 is 0 Å². The summed E-state index contributed by atoms with van der Waals surface area (Å²) >= 11 is 0. The topological polar surface area (TPSA) is 64.9 Å². The van der Waals surface area contributed by atoms with Gasteiger partial charge in [0.1, 0.15) is 11.6 Å². The minimum absolute atomic E-state index is 0.0912. The van der Waals surface area contributed by atoms with Gasteiger partial charge in [-0.1, -0.05) is 20.8 Å². The Hall–Kier alpha value is -1.69. The first-order valence-electron chi connectivity index (χ1n) is 8.47. The number of ether oxygens (including phenoxy) is 1. The van der Waals surface area contributed by atoms with Gasteiger partial charge in [-0.15, -0.1) is 0 Å². The summed E-state index contributed by atoms with van der Waals surface area (Å²) in [5.74, 6) is 2.39. The van der Waals surface area contributed by atoms with E-state index in [1.54, 1.807) is 0 Å². The van der Waals surface area contributed by atoms with Crippen LogP contribution in [0, 0.1) is 5.92 Å². The van der Waals surface area contributed by atoms with Crippen molar-refractivity contribution in [2.24, 2.45) is 13.0 Å². The van der Waals surface area contributed by atoms with Gasteiger partial charge in [-0.3, -0.25) is 4.68 Å². The monoisotopic (exact) mass is 317 g/mol. The number of nitrogens with one attached hydrogen (secondary N) is 1. The van der Waals surface area contributed by atoms with Crippen molar-refractivity contribution in [2.45, 2.75) is 45.4 Å². The van der Waals surface area contributed by atoms with E-state index in [4.69, 9.17) is 14.7 Å². The third-order valence-electron chi connectivity index (χ3n) is 4.36. The zero-order valence-corrected chi connectivity index (χ0v) is 14.6. The SMILES string of the molecule is Cn1ncc2c(NCCC3CCCOC3)nc(C(C)(C)C)nc21. The first kappa shape index (κ1) is 16.2. The van der Waals surface area contributed by atoms with Gasteiger partial charge in [-0.05, 0) is 25.2 Å². The van der Waals surface area contributed by atoms with E-state index >= 15 is 0 Å². The molecular weight excluding hydrogens is 290 g/mol. The van der Waals surface area contributed by atoms with Crippen LogP contribution in [0.1, 0.15) is 45.9 Å². The summed E-state index contributed by atoms with van der Waals surface area (Å²) < 4.78 is 7.37. The van der Waals surface area contributed by atoms with Gasteiger partial charge < -0.3 is 10.1 Å². The lowest BCUT2D eigenvalue weighted by Crippen LogP contribution is -2.21. The minimum atomic E-state index is -0.0912. The second-order valence-electron chi connectivity index (χ2n) is 7.45. The van der Waals surface area contributed by atoms with Crippen LogP contribution < -0.4 is 5.32 Å². The van der Waals surface area contributed by atoms with Crippen LogP contribution in [0.2, 0.25) is 0 Å². The Kier molecular flexibility index (Phi) is 4.53. The lowest BCUT2D eigenvalue weighted by molar-refractivity contribution is 0.0530. The largest absolute Gasteiger partial charge is 0.381 e. The number of aromatic nitrogens is 4. The van der Waals surface area contributed by atoms with Gasteiger partial charge in [0.25, 0.3) is 0 Å². The molecule has 2 aromatic rings. The summed E-state index contributed by atoms with van der Waals surface area (Å²) in [4.78, 5) is 9.46. The highest BCUT2D eigenvalue weighted by molar-refractivity contribution is 5.86. The third-order valence-corrected chi connectivity index (χ3v) is 4.36. The van der Waals surface area contributed by atoms with Gasteiger partial charge in [-0.2, -0.15) is 5.10 Å². The van der Waals surface area contributed by atoms with E-state index in [2.05, 4.69) is 31.2 Å². The average molecular weight is 317 g/mol. The molecule has 6 nitrogen and oxygen atoms in total. The second-order valence-corrected chi connectivity index (χ2v) is 7.45. The maximum absolute atomic E-state index is 5.56. The van der Waals surface area contributed by atoms with Gasteiger partial charge in [0.05, 0.1) is 11.6 Å². The summed E-state index contributed by atoms with van der Waals surface area (Å²) in [5.41, 5.74) is 0.792. The molecule has 1 fully saturated rings. The number of nitrogens with zero attached hydrogens (tertiary/aromatic N) is 4. The van der Waals surface area contributed by atoms with E-state index in [0.717, 1.165) is 48.9 Å². The molecule has 6 heteroatoms. The van der Waals surface area contributed by atoms with Crippen molar-refractivity contribution in [3.05, 3.63) is 12.0 Å². The van der Waals surface area contributed by atoms with Crippen molar-refractivity contribution >= 4 is 16.9 Å².